The highest BCUT2D eigenvalue weighted by Gasteiger charge is 2.16. The molecule has 0 saturated heterocycles. The number of rotatable bonds is 5. The van der Waals surface area contributed by atoms with Crippen LogP contribution in [0.3, 0.4) is 0 Å². The number of hydrogen-bond donors (Lipinski definition) is 1. The number of hydrogen-bond acceptors (Lipinski definition) is 3. The smallest absolute Gasteiger partial charge is 0.165 e. The van der Waals surface area contributed by atoms with Gasteiger partial charge in [-0.05, 0) is 31.0 Å². The fourth-order valence-electron chi connectivity index (χ4n) is 1.73. The lowest BCUT2D eigenvalue weighted by Crippen LogP contribution is -2.07. The van der Waals surface area contributed by atoms with Gasteiger partial charge < -0.3 is 15.2 Å². The average molecular weight is 288 g/mol. The summed E-state index contributed by atoms with van der Waals surface area (Å²) < 4.78 is 11.8. The maximum Gasteiger partial charge on any atom is 0.165 e. The summed E-state index contributed by atoms with van der Waals surface area (Å²) >= 11 is 3.61. The highest BCUT2D eigenvalue weighted by Crippen LogP contribution is 2.39. The van der Waals surface area contributed by atoms with E-state index in [-0.39, 0.29) is 0 Å². The summed E-state index contributed by atoms with van der Waals surface area (Å²) in [6.45, 7) is 2.70. The van der Waals surface area contributed by atoms with E-state index in [0.717, 1.165) is 34.4 Å². The highest BCUT2D eigenvalue weighted by atomic mass is 79.9. The summed E-state index contributed by atoms with van der Waals surface area (Å²) in [6, 6.07) is 2.00. The Balaban J connectivity index is 3.38. The van der Waals surface area contributed by atoms with Crippen molar-refractivity contribution in [1.82, 2.24) is 0 Å². The molecule has 2 N–H and O–H groups in total. The second-order valence-corrected chi connectivity index (χ2v) is 4.25. The fourth-order valence-corrected chi connectivity index (χ4v) is 2.50. The van der Waals surface area contributed by atoms with Gasteiger partial charge in [-0.1, -0.05) is 22.9 Å². The van der Waals surface area contributed by atoms with Crippen molar-refractivity contribution in [3.63, 3.8) is 0 Å². The van der Waals surface area contributed by atoms with Gasteiger partial charge in [0.25, 0.3) is 0 Å². The van der Waals surface area contributed by atoms with Crippen LogP contribution in [0.1, 0.15) is 18.1 Å². The van der Waals surface area contributed by atoms with Crippen LogP contribution < -0.4 is 15.2 Å². The van der Waals surface area contributed by atoms with Crippen LogP contribution in [-0.4, -0.2) is 20.8 Å². The molecule has 0 saturated carbocycles. The number of halogens is 1. The molecule has 16 heavy (non-hydrogen) atoms. The van der Waals surface area contributed by atoms with Crippen molar-refractivity contribution < 1.29 is 9.47 Å². The normalized spacial score (nSPS) is 10.3. The third-order valence-corrected chi connectivity index (χ3v) is 3.54. The number of aryl methyl sites for hydroxylation is 1. The number of ether oxygens (including phenoxy) is 2. The molecule has 0 aromatic heterocycles. The molecule has 90 valence electrons. The van der Waals surface area contributed by atoms with Crippen LogP contribution in [0.25, 0.3) is 0 Å². The first-order valence-electron chi connectivity index (χ1n) is 5.31. The van der Waals surface area contributed by atoms with Crippen molar-refractivity contribution in [2.45, 2.75) is 19.8 Å². The predicted molar refractivity (Wildman–Crippen MR) is 69.4 cm³/mol. The Morgan fingerprint density at radius 3 is 2.44 bits per heavy atom. The SMILES string of the molecule is CCc1cc(OC)c(OC)c(CCN)c1Br. The van der Waals surface area contributed by atoms with Gasteiger partial charge in [0, 0.05) is 10.0 Å². The molecule has 1 rings (SSSR count). The van der Waals surface area contributed by atoms with E-state index in [0.29, 0.717) is 6.54 Å². The van der Waals surface area contributed by atoms with Gasteiger partial charge in [0.1, 0.15) is 0 Å². The van der Waals surface area contributed by atoms with Gasteiger partial charge in [0.05, 0.1) is 14.2 Å². The summed E-state index contributed by atoms with van der Waals surface area (Å²) in [5.41, 5.74) is 7.91. The highest BCUT2D eigenvalue weighted by molar-refractivity contribution is 9.10. The zero-order valence-electron chi connectivity index (χ0n) is 9.97. The van der Waals surface area contributed by atoms with E-state index in [9.17, 15) is 0 Å². The Kier molecular flexibility index (Phi) is 5.09. The number of methoxy groups -OCH3 is 2. The lowest BCUT2D eigenvalue weighted by Gasteiger charge is -2.16. The fraction of sp³-hybridized carbons (Fsp3) is 0.500. The Hall–Kier alpha value is -0.740. The van der Waals surface area contributed by atoms with E-state index in [1.54, 1.807) is 14.2 Å². The first-order chi connectivity index (χ1) is 7.69. The lowest BCUT2D eigenvalue weighted by molar-refractivity contribution is 0.351. The minimum Gasteiger partial charge on any atom is -0.493 e. The van der Waals surface area contributed by atoms with E-state index >= 15 is 0 Å². The molecular weight excluding hydrogens is 270 g/mol. The van der Waals surface area contributed by atoms with Crippen LogP contribution in [0.4, 0.5) is 0 Å². The summed E-state index contributed by atoms with van der Waals surface area (Å²) in [5, 5.41) is 0. The molecule has 0 bridgehead atoms. The molecule has 0 radical (unpaired) electrons. The molecule has 1 aromatic rings. The molecule has 0 aliphatic heterocycles. The van der Waals surface area contributed by atoms with E-state index in [1.807, 2.05) is 6.07 Å². The molecule has 0 atom stereocenters. The van der Waals surface area contributed by atoms with Crippen molar-refractivity contribution in [3.05, 3.63) is 21.7 Å². The van der Waals surface area contributed by atoms with Crippen LogP contribution in [-0.2, 0) is 12.8 Å². The van der Waals surface area contributed by atoms with E-state index in [2.05, 4.69) is 22.9 Å². The molecule has 0 heterocycles. The summed E-state index contributed by atoms with van der Waals surface area (Å²) in [7, 11) is 3.30. The summed E-state index contributed by atoms with van der Waals surface area (Å²) in [6.07, 6.45) is 1.71. The van der Waals surface area contributed by atoms with E-state index < -0.39 is 0 Å². The predicted octanol–water partition coefficient (Wildman–Crippen LogP) is 2.53. The third kappa shape index (κ3) is 2.50. The first-order valence-corrected chi connectivity index (χ1v) is 6.11. The van der Waals surface area contributed by atoms with Crippen LogP contribution in [0, 0.1) is 0 Å². The molecular formula is C12H18BrNO2. The second kappa shape index (κ2) is 6.11. The Morgan fingerprint density at radius 2 is 2.00 bits per heavy atom. The standard InChI is InChI=1S/C12H18BrNO2/c1-4-8-7-10(15-2)12(16-3)9(5-6-14)11(8)13/h7H,4-6,14H2,1-3H3. The van der Waals surface area contributed by atoms with Crippen LogP contribution in [0.15, 0.2) is 10.5 Å². The minimum absolute atomic E-state index is 0.589. The van der Waals surface area contributed by atoms with Gasteiger partial charge in [0.15, 0.2) is 11.5 Å². The molecule has 0 spiro atoms. The summed E-state index contributed by atoms with van der Waals surface area (Å²) in [5.74, 6) is 1.54. The molecule has 4 heteroatoms. The Morgan fingerprint density at radius 1 is 1.31 bits per heavy atom. The second-order valence-electron chi connectivity index (χ2n) is 3.46. The van der Waals surface area contributed by atoms with Crippen molar-refractivity contribution in [2.24, 2.45) is 5.73 Å². The van der Waals surface area contributed by atoms with Gasteiger partial charge >= 0.3 is 0 Å². The van der Waals surface area contributed by atoms with Crippen LogP contribution in [0.2, 0.25) is 0 Å². The molecule has 0 amide bonds. The maximum atomic E-state index is 5.62. The van der Waals surface area contributed by atoms with Crippen molar-refractivity contribution in [2.75, 3.05) is 20.8 Å². The lowest BCUT2D eigenvalue weighted by atomic mass is 10.0. The monoisotopic (exact) mass is 287 g/mol. The van der Waals surface area contributed by atoms with E-state index in [1.165, 1.54) is 5.56 Å². The number of benzene rings is 1. The minimum atomic E-state index is 0.589. The number of nitrogens with two attached hydrogens (primary N) is 1. The van der Waals surface area contributed by atoms with Gasteiger partial charge in [-0.15, -0.1) is 0 Å². The van der Waals surface area contributed by atoms with Crippen molar-refractivity contribution in [1.29, 1.82) is 0 Å². The van der Waals surface area contributed by atoms with Crippen molar-refractivity contribution in [3.8, 4) is 11.5 Å². The van der Waals surface area contributed by atoms with Gasteiger partial charge in [0.2, 0.25) is 0 Å². The van der Waals surface area contributed by atoms with Gasteiger partial charge in [-0.3, -0.25) is 0 Å². The maximum absolute atomic E-state index is 5.62. The zero-order valence-corrected chi connectivity index (χ0v) is 11.6. The van der Waals surface area contributed by atoms with Gasteiger partial charge in [-0.25, -0.2) is 0 Å². The Labute approximate surface area is 105 Å². The molecule has 0 unspecified atom stereocenters. The van der Waals surface area contributed by atoms with Crippen molar-refractivity contribution >= 4 is 15.9 Å². The van der Waals surface area contributed by atoms with Crippen LogP contribution in [0.5, 0.6) is 11.5 Å². The molecule has 0 fully saturated rings. The van der Waals surface area contributed by atoms with E-state index in [4.69, 9.17) is 15.2 Å². The largest absolute Gasteiger partial charge is 0.493 e. The molecule has 0 aliphatic rings. The van der Waals surface area contributed by atoms with Crippen LogP contribution >= 0.6 is 15.9 Å². The molecule has 1 aromatic carbocycles. The first kappa shape index (κ1) is 13.3. The summed E-state index contributed by atoms with van der Waals surface area (Å²) in [4.78, 5) is 0. The zero-order chi connectivity index (χ0) is 12.1. The third-order valence-electron chi connectivity index (χ3n) is 2.55. The quantitative estimate of drug-likeness (QED) is 0.905. The molecule has 3 nitrogen and oxygen atoms in total. The molecule has 0 aliphatic carbocycles. The average Bonchev–Trinajstić information content (AvgIpc) is 2.31. The Bertz CT molecular complexity index is 367. The van der Waals surface area contributed by atoms with Gasteiger partial charge in [-0.2, -0.15) is 0 Å². The topological polar surface area (TPSA) is 44.5 Å².